The molecule has 4 nitrogen and oxygen atoms in total. The molecule has 2 heterocycles. The van der Waals surface area contributed by atoms with Crippen LogP contribution in [0, 0.1) is 0 Å². The van der Waals surface area contributed by atoms with Crippen LogP contribution in [0.2, 0.25) is 0 Å². The zero-order valence-electron chi connectivity index (χ0n) is 30.1. The minimum absolute atomic E-state index is 0.626. The van der Waals surface area contributed by atoms with Crippen LogP contribution in [0.3, 0.4) is 0 Å². The van der Waals surface area contributed by atoms with Crippen LogP contribution in [-0.4, -0.2) is 15.0 Å². The van der Waals surface area contributed by atoms with Crippen LogP contribution in [0.1, 0.15) is 29.1 Å². The first-order valence-electron chi connectivity index (χ1n) is 18.7. The van der Waals surface area contributed by atoms with Gasteiger partial charge >= 0.3 is 0 Å². The van der Waals surface area contributed by atoms with E-state index in [4.69, 9.17) is 19.4 Å². The predicted molar refractivity (Wildman–Crippen MR) is 224 cm³/mol. The summed E-state index contributed by atoms with van der Waals surface area (Å²) in [5.41, 5.74) is 14.2. The molecule has 9 aromatic rings. The maximum atomic E-state index is 6.52. The molecule has 10 rings (SSSR count). The smallest absolute Gasteiger partial charge is 0.165 e. The highest BCUT2D eigenvalue weighted by Gasteiger charge is 2.30. The first-order chi connectivity index (χ1) is 27.2. The Morgan fingerprint density at radius 3 is 1.24 bits per heavy atom. The van der Waals surface area contributed by atoms with E-state index >= 15 is 0 Å². The molecule has 2 aromatic heterocycles. The third-order valence-electron chi connectivity index (χ3n) is 10.5. The molecule has 55 heavy (non-hydrogen) atoms. The molecule has 0 atom stereocenters. The van der Waals surface area contributed by atoms with Crippen molar-refractivity contribution in [3.63, 3.8) is 0 Å². The van der Waals surface area contributed by atoms with Crippen molar-refractivity contribution in [1.29, 1.82) is 0 Å². The van der Waals surface area contributed by atoms with Crippen molar-refractivity contribution in [1.82, 2.24) is 15.0 Å². The normalized spacial score (nSPS) is 12.5. The molecule has 260 valence electrons. The van der Waals surface area contributed by atoms with E-state index in [1.54, 1.807) is 0 Å². The summed E-state index contributed by atoms with van der Waals surface area (Å²) in [6.07, 6.45) is 1.59. The number of para-hydroxylation sites is 1. The summed E-state index contributed by atoms with van der Waals surface area (Å²) >= 11 is 0. The lowest BCUT2D eigenvalue weighted by atomic mass is 9.84. The van der Waals surface area contributed by atoms with E-state index in [-0.39, 0.29) is 0 Å². The van der Waals surface area contributed by atoms with Crippen LogP contribution in [-0.2, 0) is 6.42 Å². The van der Waals surface area contributed by atoms with Gasteiger partial charge in [-0.05, 0) is 57.0 Å². The zero-order valence-corrected chi connectivity index (χ0v) is 30.1. The molecule has 0 saturated heterocycles. The van der Waals surface area contributed by atoms with Gasteiger partial charge in [0.15, 0.2) is 17.5 Å². The van der Waals surface area contributed by atoms with Crippen molar-refractivity contribution in [2.75, 3.05) is 0 Å². The van der Waals surface area contributed by atoms with Gasteiger partial charge in [-0.1, -0.05) is 182 Å². The molecule has 0 bridgehead atoms. The van der Waals surface area contributed by atoms with Crippen molar-refractivity contribution in [2.24, 2.45) is 0 Å². The molecule has 0 N–H and O–H groups in total. The second kappa shape index (κ2) is 14.0. The van der Waals surface area contributed by atoms with Gasteiger partial charge in [0, 0.05) is 34.1 Å². The monoisotopic (exact) mass is 705 g/mol. The van der Waals surface area contributed by atoms with Gasteiger partial charge in [-0.3, -0.25) is 0 Å². The number of nitrogens with zero attached hydrogens (tertiary/aromatic N) is 3. The van der Waals surface area contributed by atoms with Gasteiger partial charge in [-0.25, -0.2) is 15.0 Å². The molecule has 0 spiro atoms. The molecule has 0 aliphatic heterocycles. The summed E-state index contributed by atoms with van der Waals surface area (Å²) in [5, 5.41) is 1.07. The second-order valence-electron chi connectivity index (χ2n) is 13.9. The van der Waals surface area contributed by atoms with Crippen molar-refractivity contribution in [3.8, 4) is 56.2 Å². The lowest BCUT2D eigenvalue weighted by Gasteiger charge is -2.21. The summed E-state index contributed by atoms with van der Waals surface area (Å²) in [7, 11) is 0. The highest BCUT2D eigenvalue weighted by atomic mass is 16.3. The minimum atomic E-state index is 0.626. The summed E-state index contributed by atoms with van der Waals surface area (Å²) in [6.45, 7) is 0. The SMILES string of the molecule is c1ccc(-c2ccc(C3=C(c4nc(-c5ccccc5)nc(-c5ccc(-c6ccc(-c7ccccc7)cc6)cc5)n4)c4c(oc5ccccc45)CC3)cc2)cc1. The Morgan fingerprint density at radius 2 is 0.709 bits per heavy atom. The number of benzene rings is 7. The summed E-state index contributed by atoms with van der Waals surface area (Å²) < 4.78 is 6.52. The number of rotatable bonds is 7. The van der Waals surface area contributed by atoms with Gasteiger partial charge in [0.25, 0.3) is 0 Å². The summed E-state index contributed by atoms with van der Waals surface area (Å²) in [4.78, 5) is 15.7. The van der Waals surface area contributed by atoms with Crippen LogP contribution in [0.25, 0.3) is 78.3 Å². The van der Waals surface area contributed by atoms with Crippen molar-refractivity contribution >= 4 is 22.1 Å². The fraction of sp³-hybridized carbons (Fsp3) is 0.0392. The Kier molecular flexibility index (Phi) is 8.27. The maximum Gasteiger partial charge on any atom is 0.165 e. The molecule has 0 unspecified atom stereocenters. The predicted octanol–water partition coefficient (Wildman–Crippen LogP) is 12.9. The van der Waals surface area contributed by atoms with E-state index in [1.807, 2.05) is 36.4 Å². The highest BCUT2D eigenvalue weighted by Crippen LogP contribution is 2.45. The molecule has 0 fully saturated rings. The largest absolute Gasteiger partial charge is 0.460 e. The third kappa shape index (κ3) is 6.24. The maximum absolute atomic E-state index is 6.52. The summed E-state index contributed by atoms with van der Waals surface area (Å²) in [5.74, 6) is 2.86. The molecule has 0 radical (unpaired) electrons. The lowest BCUT2D eigenvalue weighted by molar-refractivity contribution is 0.547. The Balaban J connectivity index is 1.11. The van der Waals surface area contributed by atoms with E-state index in [0.29, 0.717) is 17.5 Å². The number of fused-ring (bicyclic) bond motifs is 3. The average molecular weight is 706 g/mol. The highest BCUT2D eigenvalue weighted by molar-refractivity contribution is 6.06. The summed E-state index contributed by atoms with van der Waals surface area (Å²) in [6, 6.07) is 65.6. The quantitative estimate of drug-likeness (QED) is 0.166. The van der Waals surface area contributed by atoms with Gasteiger partial charge in [0.2, 0.25) is 0 Å². The van der Waals surface area contributed by atoms with Crippen LogP contribution in [0.4, 0.5) is 0 Å². The third-order valence-corrected chi connectivity index (χ3v) is 10.5. The molecular formula is C51H35N3O. The van der Waals surface area contributed by atoms with E-state index in [1.165, 1.54) is 27.8 Å². The Hall–Kier alpha value is -7.17. The van der Waals surface area contributed by atoms with Crippen molar-refractivity contribution in [2.45, 2.75) is 12.8 Å². The van der Waals surface area contributed by atoms with E-state index in [2.05, 4.69) is 152 Å². The first kappa shape index (κ1) is 32.5. The van der Waals surface area contributed by atoms with Crippen LogP contribution in [0.5, 0.6) is 0 Å². The molecule has 0 saturated carbocycles. The second-order valence-corrected chi connectivity index (χ2v) is 13.9. The first-order valence-corrected chi connectivity index (χ1v) is 18.7. The average Bonchev–Trinajstić information content (AvgIpc) is 3.66. The van der Waals surface area contributed by atoms with E-state index < -0.39 is 0 Å². The topological polar surface area (TPSA) is 51.8 Å². The van der Waals surface area contributed by atoms with Gasteiger partial charge in [-0.15, -0.1) is 0 Å². The van der Waals surface area contributed by atoms with Gasteiger partial charge in [0.1, 0.15) is 11.3 Å². The number of hydrogen-bond acceptors (Lipinski definition) is 4. The molecule has 0 amide bonds. The fourth-order valence-electron chi connectivity index (χ4n) is 7.72. The van der Waals surface area contributed by atoms with Crippen LogP contribution in [0.15, 0.2) is 192 Å². The number of hydrogen-bond donors (Lipinski definition) is 0. The molecule has 4 heteroatoms. The standard InChI is InChI=1S/C51H35N3O/c1-4-12-34(13-5-1)36-20-22-38(23-21-36)39-26-30-42(31-27-39)50-52-49(41-16-8-3-9-17-41)53-51(54-50)48-43(32-33-46-47(48)44-18-10-11-19-45(44)55-46)40-28-24-37(25-29-40)35-14-6-2-7-15-35/h1-31H,32-33H2. The zero-order chi connectivity index (χ0) is 36.6. The molecular weight excluding hydrogens is 671 g/mol. The number of furan rings is 1. The number of aryl methyl sites for hydroxylation is 1. The van der Waals surface area contributed by atoms with Crippen LogP contribution < -0.4 is 0 Å². The van der Waals surface area contributed by atoms with Crippen LogP contribution >= 0.6 is 0 Å². The van der Waals surface area contributed by atoms with E-state index in [0.717, 1.165) is 68.5 Å². The van der Waals surface area contributed by atoms with Crippen molar-refractivity contribution in [3.05, 3.63) is 211 Å². The Bertz CT molecular complexity index is 2810. The Labute approximate surface area is 320 Å². The van der Waals surface area contributed by atoms with Gasteiger partial charge < -0.3 is 4.42 Å². The fourth-order valence-corrected chi connectivity index (χ4v) is 7.72. The molecule has 1 aliphatic rings. The number of allylic oxidation sites excluding steroid dienone is 1. The Morgan fingerprint density at radius 1 is 0.327 bits per heavy atom. The lowest BCUT2D eigenvalue weighted by Crippen LogP contribution is -2.09. The molecule has 1 aliphatic carbocycles. The number of aromatic nitrogens is 3. The van der Waals surface area contributed by atoms with Gasteiger partial charge in [0.05, 0.1) is 0 Å². The van der Waals surface area contributed by atoms with E-state index in [9.17, 15) is 0 Å². The van der Waals surface area contributed by atoms with Gasteiger partial charge in [-0.2, -0.15) is 0 Å². The molecule has 7 aromatic carbocycles. The van der Waals surface area contributed by atoms with Crippen molar-refractivity contribution < 1.29 is 4.42 Å². The minimum Gasteiger partial charge on any atom is -0.460 e.